The van der Waals surface area contributed by atoms with Gasteiger partial charge in [0, 0.05) is 11.9 Å². The molecule has 0 atom stereocenters. The fourth-order valence-corrected chi connectivity index (χ4v) is 1.58. The fraction of sp³-hybridized carbons (Fsp3) is 0.545. The normalized spacial score (nSPS) is 22.4. The summed E-state index contributed by atoms with van der Waals surface area (Å²) < 4.78 is 11.7. The third-order valence-corrected chi connectivity index (χ3v) is 3.35. The maximum absolute atomic E-state index is 5.87. The van der Waals surface area contributed by atoms with Crippen LogP contribution in [0.25, 0.3) is 0 Å². The quantitative estimate of drug-likeness (QED) is 0.716. The Morgan fingerprint density at radius 1 is 1.19 bits per heavy atom. The molecule has 0 unspecified atom stereocenters. The van der Waals surface area contributed by atoms with Gasteiger partial charge in [-0.1, -0.05) is 0 Å². The number of pyridine rings is 1. The second kappa shape index (κ2) is 3.47. The lowest BCUT2D eigenvalue weighted by atomic mass is 9.83. The molecule has 16 heavy (non-hydrogen) atoms. The maximum Gasteiger partial charge on any atom is 0.516 e. The van der Waals surface area contributed by atoms with Gasteiger partial charge >= 0.3 is 7.12 Å². The summed E-state index contributed by atoms with van der Waals surface area (Å²) >= 11 is 0. The first kappa shape index (κ1) is 11.4. The zero-order valence-electron chi connectivity index (χ0n) is 10.2. The number of aromatic nitrogens is 1. The second-order valence-corrected chi connectivity index (χ2v) is 5.07. The predicted octanol–water partition coefficient (Wildman–Crippen LogP) is 0.963. The van der Waals surface area contributed by atoms with E-state index >= 15 is 0 Å². The summed E-state index contributed by atoms with van der Waals surface area (Å²) in [5, 5.41) is 0. The van der Waals surface area contributed by atoms with Crippen LogP contribution in [0.5, 0.6) is 0 Å². The molecule has 86 valence electrons. The minimum absolute atomic E-state index is 0.359. The van der Waals surface area contributed by atoms with Crippen LogP contribution in [-0.4, -0.2) is 23.3 Å². The fourth-order valence-electron chi connectivity index (χ4n) is 1.58. The van der Waals surface area contributed by atoms with Crippen molar-refractivity contribution in [1.82, 2.24) is 4.98 Å². The van der Waals surface area contributed by atoms with Crippen LogP contribution < -0.4 is 11.3 Å². The summed E-state index contributed by atoms with van der Waals surface area (Å²) in [4.78, 5) is 4.22. The van der Waals surface area contributed by atoms with E-state index in [1.807, 2.05) is 27.7 Å². The summed E-state index contributed by atoms with van der Waals surface area (Å²) in [6, 6.07) is 3.59. The zero-order chi connectivity index (χ0) is 12.0. The average Bonchev–Trinajstić information content (AvgIpc) is 2.36. The highest BCUT2D eigenvalue weighted by Gasteiger charge is 2.52. The van der Waals surface area contributed by atoms with E-state index in [1.165, 1.54) is 0 Å². The lowest BCUT2D eigenvalue weighted by Crippen LogP contribution is -2.41. The molecule has 1 aliphatic rings. The van der Waals surface area contributed by atoms with Crippen molar-refractivity contribution in [1.29, 1.82) is 0 Å². The first-order valence-electron chi connectivity index (χ1n) is 5.39. The molecular weight excluding hydrogens is 203 g/mol. The highest BCUT2D eigenvalue weighted by Crippen LogP contribution is 2.36. The molecule has 0 saturated carbocycles. The summed E-state index contributed by atoms with van der Waals surface area (Å²) in [5.74, 6) is 0. The highest BCUT2D eigenvalue weighted by molar-refractivity contribution is 6.62. The number of rotatable bonds is 1. The standard InChI is InChI=1S/C11H17BN2O2/c1-10(2)11(3,4)16-12(15-10)9-8(13)6-5-7-14-9/h5-7H,13H2,1-4H3. The molecule has 0 bridgehead atoms. The SMILES string of the molecule is CC1(C)OB(c2ncccc2N)OC1(C)C. The van der Waals surface area contributed by atoms with E-state index in [-0.39, 0.29) is 11.2 Å². The number of nitrogen functional groups attached to an aromatic ring is 1. The number of anilines is 1. The Labute approximate surface area is 96.3 Å². The number of nitrogens with two attached hydrogens (primary N) is 1. The number of nitrogens with zero attached hydrogens (tertiary/aromatic N) is 1. The third-order valence-electron chi connectivity index (χ3n) is 3.35. The summed E-state index contributed by atoms with van der Waals surface area (Å²) in [5.41, 5.74) is 6.39. The lowest BCUT2D eigenvalue weighted by Gasteiger charge is -2.32. The van der Waals surface area contributed by atoms with Crippen molar-refractivity contribution in [2.24, 2.45) is 0 Å². The van der Waals surface area contributed by atoms with Crippen LogP contribution in [0.4, 0.5) is 5.69 Å². The Hall–Kier alpha value is -1.07. The van der Waals surface area contributed by atoms with E-state index < -0.39 is 7.12 Å². The zero-order valence-corrected chi connectivity index (χ0v) is 10.2. The van der Waals surface area contributed by atoms with Crippen LogP contribution in [0.1, 0.15) is 27.7 Å². The molecule has 5 heteroatoms. The molecular formula is C11H17BN2O2. The molecule has 0 radical (unpaired) electrons. The maximum atomic E-state index is 5.87. The van der Waals surface area contributed by atoms with Gasteiger partial charge in [0.15, 0.2) is 0 Å². The Balaban J connectivity index is 2.31. The molecule has 2 N–H and O–H groups in total. The van der Waals surface area contributed by atoms with Gasteiger partial charge in [0.25, 0.3) is 0 Å². The summed E-state index contributed by atoms with van der Waals surface area (Å²) in [6.45, 7) is 8.02. The molecule has 0 aliphatic carbocycles. The molecule has 1 fully saturated rings. The van der Waals surface area contributed by atoms with Gasteiger partial charge in [-0.05, 0) is 39.8 Å². The van der Waals surface area contributed by atoms with Gasteiger partial charge in [-0.2, -0.15) is 0 Å². The molecule has 0 amide bonds. The smallest absolute Gasteiger partial charge is 0.398 e. The van der Waals surface area contributed by atoms with E-state index in [9.17, 15) is 0 Å². The van der Waals surface area contributed by atoms with Gasteiger partial charge in [-0.3, -0.25) is 4.98 Å². The summed E-state index contributed by atoms with van der Waals surface area (Å²) in [7, 11) is -0.480. The minimum atomic E-state index is -0.480. The predicted molar refractivity (Wildman–Crippen MR) is 64.4 cm³/mol. The van der Waals surface area contributed by atoms with Crippen molar-refractivity contribution < 1.29 is 9.31 Å². The van der Waals surface area contributed by atoms with Crippen molar-refractivity contribution in [2.45, 2.75) is 38.9 Å². The number of hydrogen-bond donors (Lipinski definition) is 1. The molecule has 0 spiro atoms. The van der Waals surface area contributed by atoms with Crippen LogP contribution in [0, 0.1) is 0 Å². The molecule has 2 heterocycles. The Bertz CT molecular complexity index is 391. The van der Waals surface area contributed by atoms with Gasteiger partial charge in [-0.15, -0.1) is 0 Å². The average molecular weight is 220 g/mol. The molecule has 1 aromatic rings. The molecule has 4 nitrogen and oxygen atoms in total. The van der Waals surface area contributed by atoms with Crippen molar-refractivity contribution in [3.05, 3.63) is 18.3 Å². The topological polar surface area (TPSA) is 57.4 Å². The minimum Gasteiger partial charge on any atom is -0.398 e. The molecule has 1 aliphatic heterocycles. The van der Waals surface area contributed by atoms with Crippen molar-refractivity contribution >= 4 is 18.4 Å². The van der Waals surface area contributed by atoms with Gasteiger partial charge in [0.2, 0.25) is 0 Å². The molecule has 2 rings (SSSR count). The summed E-state index contributed by atoms with van der Waals surface area (Å²) in [6.07, 6.45) is 1.69. The number of hydrogen-bond acceptors (Lipinski definition) is 4. The van der Waals surface area contributed by atoms with Crippen LogP contribution in [0.2, 0.25) is 0 Å². The Morgan fingerprint density at radius 3 is 2.25 bits per heavy atom. The third kappa shape index (κ3) is 1.70. The van der Waals surface area contributed by atoms with Gasteiger partial charge < -0.3 is 15.0 Å². The van der Waals surface area contributed by atoms with Crippen LogP contribution in [-0.2, 0) is 9.31 Å². The first-order chi connectivity index (χ1) is 7.33. The lowest BCUT2D eigenvalue weighted by molar-refractivity contribution is 0.00578. The van der Waals surface area contributed by atoms with E-state index in [0.717, 1.165) is 0 Å². The molecule has 1 aromatic heterocycles. The van der Waals surface area contributed by atoms with E-state index in [0.29, 0.717) is 11.3 Å². The van der Waals surface area contributed by atoms with Crippen molar-refractivity contribution in [2.75, 3.05) is 5.73 Å². The van der Waals surface area contributed by atoms with Crippen LogP contribution in [0.3, 0.4) is 0 Å². The van der Waals surface area contributed by atoms with Gasteiger partial charge in [0.05, 0.1) is 16.8 Å². The second-order valence-electron chi connectivity index (χ2n) is 5.07. The first-order valence-corrected chi connectivity index (χ1v) is 5.39. The van der Waals surface area contributed by atoms with E-state index in [1.54, 1.807) is 18.3 Å². The highest BCUT2D eigenvalue weighted by atomic mass is 16.7. The van der Waals surface area contributed by atoms with Gasteiger partial charge in [-0.25, -0.2) is 0 Å². The van der Waals surface area contributed by atoms with E-state index in [2.05, 4.69) is 4.98 Å². The largest absolute Gasteiger partial charge is 0.516 e. The van der Waals surface area contributed by atoms with Crippen molar-refractivity contribution in [3.63, 3.8) is 0 Å². The van der Waals surface area contributed by atoms with Crippen LogP contribution >= 0.6 is 0 Å². The molecule has 0 aromatic carbocycles. The Morgan fingerprint density at radius 2 is 1.75 bits per heavy atom. The van der Waals surface area contributed by atoms with Crippen LogP contribution in [0.15, 0.2) is 18.3 Å². The molecule has 1 saturated heterocycles. The van der Waals surface area contributed by atoms with Crippen molar-refractivity contribution in [3.8, 4) is 0 Å². The van der Waals surface area contributed by atoms with Gasteiger partial charge in [0.1, 0.15) is 0 Å². The Kier molecular flexibility index (Phi) is 2.47. The van der Waals surface area contributed by atoms with E-state index in [4.69, 9.17) is 15.0 Å². The monoisotopic (exact) mass is 220 g/mol.